The molecule has 1 aromatic heterocycles. The summed E-state index contributed by atoms with van der Waals surface area (Å²) in [7, 11) is 3.67. The maximum atomic E-state index is 14.4. The molecule has 1 unspecified atom stereocenters. The number of hydrogen-bond acceptors (Lipinski definition) is 14. The zero-order chi connectivity index (χ0) is 52.7. The van der Waals surface area contributed by atoms with Gasteiger partial charge in [-0.2, -0.15) is 0 Å². The molecule has 1 saturated heterocycles. The first-order valence-corrected chi connectivity index (χ1v) is 25.0. The van der Waals surface area contributed by atoms with Gasteiger partial charge in [0.2, 0.25) is 11.8 Å². The minimum atomic E-state index is -1.07. The standard InChI is InChI=1S/C52H68N6O12S/c1-11-32(6)37(28-43(61)40-16-14-15-21-55(40)9)51(66)56(10)41(31(4)5)29-45(69-34(8)59)50-54-39(30-71-50)42(60)27-36(24-33(7)52(67)68)25-35-17-18-44-38(26-35)53-46(62)19-22-57(47(63)12-2)58(48(64)13-3)23-20-49(65)70-44/h2-3,17-18,26,30-33,36-37,40-41,45H,11,14-16,19-25,27-29H2,1,4-10H3,(H,53,62)(H,67,68)/t32-,33?,36-,37-,40+,41+,45+/m0/s1. The number of terminal acetylenes is 2. The Morgan fingerprint density at radius 3 is 2.23 bits per heavy atom. The molecule has 7 atom stereocenters. The number of amides is 4. The van der Waals surface area contributed by atoms with Crippen molar-refractivity contribution in [3.63, 3.8) is 0 Å². The first kappa shape index (κ1) is 57.1. The van der Waals surface area contributed by atoms with Crippen LogP contribution in [0.5, 0.6) is 5.75 Å². The number of thiazole rings is 1. The number of fused-ring (bicyclic) bond motifs is 1. The lowest BCUT2D eigenvalue weighted by Gasteiger charge is -2.37. The molecule has 3 heterocycles. The fourth-order valence-electron chi connectivity index (χ4n) is 9.17. The number of esters is 2. The molecule has 0 saturated carbocycles. The van der Waals surface area contributed by atoms with Gasteiger partial charge >= 0.3 is 29.7 Å². The number of hydrazine groups is 1. The lowest BCUT2D eigenvalue weighted by molar-refractivity contribution is -0.158. The van der Waals surface area contributed by atoms with Crippen LogP contribution in [0.1, 0.15) is 133 Å². The van der Waals surface area contributed by atoms with E-state index in [1.165, 1.54) is 19.9 Å². The number of aromatic nitrogens is 1. The fraction of sp³-hybridized carbons (Fsp3) is 0.577. The van der Waals surface area contributed by atoms with Crippen molar-refractivity contribution in [1.29, 1.82) is 0 Å². The second-order valence-electron chi connectivity index (χ2n) is 19.0. The van der Waals surface area contributed by atoms with E-state index in [1.807, 2.05) is 46.6 Å². The summed E-state index contributed by atoms with van der Waals surface area (Å²) >= 11 is 1.12. The molecule has 1 aromatic carbocycles. The average molecular weight is 1000 g/mol. The largest absolute Gasteiger partial charge is 0.481 e. The molecule has 0 aliphatic carbocycles. The lowest BCUT2D eigenvalue weighted by Crippen LogP contribution is -2.51. The van der Waals surface area contributed by atoms with Gasteiger partial charge in [0.25, 0.3) is 0 Å². The Kier molecular flexibility index (Phi) is 21.5. The monoisotopic (exact) mass is 1000 g/mol. The van der Waals surface area contributed by atoms with Crippen molar-refractivity contribution in [3.8, 4) is 30.4 Å². The molecule has 2 aromatic rings. The molecule has 18 nitrogen and oxygen atoms in total. The smallest absolute Gasteiger partial charge is 0.316 e. The zero-order valence-corrected chi connectivity index (χ0v) is 42.9. The quantitative estimate of drug-likeness (QED) is 0.0697. The Morgan fingerprint density at radius 2 is 1.63 bits per heavy atom. The minimum absolute atomic E-state index is 0.0219. The predicted octanol–water partition coefficient (Wildman–Crippen LogP) is 5.75. The summed E-state index contributed by atoms with van der Waals surface area (Å²) in [5.41, 5.74) is 0.735. The van der Waals surface area contributed by atoms with Gasteiger partial charge in [0.1, 0.15) is 10.7 Å². The van der Waals surface area contributed by atoms with E-state index in [1.54, 1.807) is 29.5 Å². The van der Waals surface area contributed by atoms with E-state index < -0.39 is 77.7 Å². The van der Waals surface area contributed by atoms with Gasteiger partial charge in [-0.3, -0.25) is 48.1 Å². The number of ketones is 2. The highest BCUT2D eigenvalue weighted by molar-refractivity contribution is 7.09. The highest BCUT2D eigenvalue weighted by Crippen LogP contribution is 2.35. The summed E-state index contributed by atoms with van der Waals surface area (Å²) in [6.45, 7) is 10.8. The molecule has 2 aliphatic heterocycles. The van der Waals surface area contributed by atoms with E-state index in [9.17, 15) is 48.3 Å². The number of piperidine rings is 1. The van der Waals surface area contributed by atoms with E-state index >= 15 is 0 Å². The second-order valence-corrected chi connectivity index (χ2v) is 19.9. The first-order chi connectivity index (χ1) is 33.6. The molecule has 2 N–H and O–H groups in total. The van der Waals surface area contributed by atoms with Crippen molar-refractivity contribution in [2.45, 2.75) is 130 Å². The number of ether oxygens (including phenoxy) is 2. The Hall–Kier alpha value is -6.44. The summed E-state index contributed by atoms with van der Waals surface area (Å²) in [6.07, 6.45) is 12.8. The number of carboxylic acid groups (broad SMARTS) is 1. The SMILES string of the molecule is C#CC(=O)N1CCC(=O)Nc2cc(C[C@@H](CC(=O)c3csc([C@@H](C[C@H](C(C)C)N(C)C(=O)[C@@H](CC(=O)[C@H]4CCCCN4C)[C@@H](C)CC)OC(C)=O)n3)CC(C)C(=O)O)ccc2OC(=O)CCN1C(=O)C#C. The molecule has 4 rings (SSSR count). The van der Waals surface area contributed by atoms with Gasteiger partial charge in [-0.05, 0) is 86.6 Å². The van der Waals surface area contributed by atoms with Crippen molar-refractivity contribution in [2.75, 3.05) is 39.0 Å². The third-order valence-corrected chi connectivity index (χ3v) is 14.3. The molecule has 2 aliphatic rings. The van der Waals surface area contributed by atoms with Gasteiger partial charge in [-0.1, -0.05) is 53.5 Å². The van der Waals surface area contributed by atoms with Crippen LogP contribution in [0.15, 0.2) is 23.6 Å². The summed E-state index contributed by atoms with van der Waals surface area (Å²) in [4.78, 5) is 127. The Labute approximate surface area is 420 Å². The normalized spacial score (nSPS) is 18.3. The van der Waals surface area contributed by atoms with Crippen LogP contribution < -0.4 is 10.1 Å². The van der Waals surface area contributed by atoms with Crippen LogP contribution in [-0.2, 0) is 49.5 Å². The number of anilines is 1. The van der Waals surface area contributed by atoms with Gasteiger partial charge < -0.3 is 24.8 Å². The van der Waals surface area contributed by atoms with E-state index in [4.69, 9.17) is 22.3 Å². The third kappa shape index (κ3) is 16.0. The summed E-state index contributed by atoms with van der Waals surface area (Å²) in [5, 5.41) is 16.1. The van der Waals surface area contributed by atoms with Crippen LogP contribution in [-0.4, -0.2) is 129 Å². The van der Waals surface area contributed by atoms with Crippen LogP contribution in [0.4, 0.5) is 5.69 Å². The Morgan fingerprint density at radius 1 is 0.972 bits per heavy atom. The van der Waals surface area contributed by atoms with Crippen LogP contribution in [0.2, 0.25) is 0 Å². The molecular formula is C52H68N6O12S. The van der Waals surface area contributed by atoms with Gasteiger partial charge in [0.05, 0.1) is 37.2 Å². The highest BCUT2D eigenvalue weighted by atomic mass is 32.1. The molecule has 4 amide bonds. The molecule has 0 spiro atoms. The number of hydrogen-bond donors (Lipinski definition) is 2. The Bertz CT molecular complexity index is 2390. The van der Waals surface area contributed by atoms with E-state index in [-0.39, 0.29) is 98.3 Å². The molecule has 0 radical (unpaired) electrons. The lowest BCUT2D eigenvalue weighted by atomic mass is 9.83. The summed E-state index contributed by atoms with van der Waals surface area (Å²) in [6, 6.07) is 3.94. The molecule has 19 heteroatoms. The maximum absolute atomic E-state index is 14.4. The van der Waals surface area contributed by atoms with Crippen LogP contribution in [0.3, 0.4) is 0 Å². The van der Waals surface area contributed by atoms with Gasteiger partial charge in [0.15, 0.2) is 23.4 Å². The minimum Gasteiger partial charge on any atom is -0.481 e. The number of Topliss-reactive ketones (excluding diaryl/α,β-unsaturated/α-hetero) is 2. The summed E-state index contributed by atoms with van der Waals surface area (Å²) < 4.78 is 11.4. The number of carbonyl (C=O) groups is 9. The van der Waals surface area contributed by atoms with E-state index in [0.717, 1.165) is 47.2 Å². The number of likely N-dealkylation sites (N-methyl/N-ethyl adjacent to an activating group) is 1. The zero-order valence-electron chi connectivity index (χ0n) is 42.1. The van der Waals surface area contributed by atoms with E-state index in [0.29, 0.717) is 17.0 Å². The fourth-order valence-corrected chi connectivity index (χ4v) is 10.0. The number of aliphatic carboxylic acids is 1. The molecule has 384 valence electrons. The van der Waals surface area contributed by atoms with Gasteiger partial charge in [-0.15, -0.1) is 24.2 Å². The average Bonchev–Trinajstić information content (AvgIpc) is 3.83. The van der Waals surface area contributed by atoms with Crippen molar-refractivity contribution in [3.05, 3.63) is 39.8 Å². The first-order valence-electron chi connectivity index (χ1n) is 24.2. The molecular weight excluding hydrogens is 933 g/mol. The van der Waals surface area contributed by atoms with Crippen LogP contribution in [0.25, 0.3) is 0 Å². The number of likely N-dealkylation sites (tertiary alicyclic amines) is 1. The van der Waals surface area contributed by atoms with Crippen molar-refractivity contribution >= 4 is 70.1 Å². The molecule has 1 fully saturated rings. The number of carbonyl (C=O) groups excluding carboxylic acids is 8. The number of nitrogens with zero attached hydrogens (tertiary/aromatic N) is 5. The van der Waals surface area contributed by atoms with Gasteiger partial charge in [-0.25, -0.2) is 15.0 Å². The Balaban J connectivity index is 1.57. The highest BCUT2D eigenvalue weighted by Gasteiger charge is 2.38. The maximum Gasteiger partial charge on any atom is 0.316 e. The number of nitrogens with one attached hydrogen (secondary N) is 1. The topological polar surface area (TPSA) is 230 Å². The van der Waals surface area contributed by atoms with E-state index in [2.05, 4.69) is 15.2 Å². The molecule has 71 heavy (non-hydrogen) atoms. The van der Waals surface area contributed by atoms with Crippen LogP contribution in [0, 0.1) is 54.3 Å². The third-order valence-electron chi connectivity index (χ3n) is 13.4. The summed E-state index contributed by atoms with van der Waals surface area (Å²) in [5.74, 6) is -3.91. The molecule has 0 bridgehead atoms. The second kappa shape index (κ2) is 26.7. The predicted molar refractivity (Wildman–Crippen MR) is 264 cm³/mol. The van der Waals surface area contributed by atoms with Gasteiger partial charge in [0, 0.05) is 57.0 Å². The number of benzene rings is 1. The van der Waals surface area contributed by atoms with Crippen molar-refractivity contribution < 1.29 is 57.7 Å². The van der Waals surface area contributed by atoms with Crippen molar-refractivity contribution in [2.24, 2.45) is 29.6 Å². The van der Waals surface area contributed by atoms with Crippen molar-refractivity contribution in [1.82, 2.24) is 24.8 Å². The number of rotatable bonds is 20. The van der Waals surface area contributed by atoms with Crippen LogP contribution >= 0.6 is 11.3 Å². The number of carboxylic acids is 1.